The second-order valence-corrected chi connectivity index (χ2v) is 8.53. The number of ether oxygens (including phenoxy) is 1. The molecule has 0 saturated carbocycles. The Balaban J connectivity index is 1.81. The van der Waals surface area contributed by atoms with Crippen molar-refractivity contribution in [2.75, 3.05) is 39.1 Å². The lowest BCUT2D eigenvalue weighted by Crippen LogP contribution is -2.60. The Morgan fingerprint density at radius 3 is 2.77 bits per heavy atom. The monoisotopic (exact) mass is 380 g/mol. The molecule has 1 atom stereocenters. The van der Waals surface area contributed by atoms with Gasteiger partial charge in [-0.15, -0.1) is 11.8 Å². The van der Waals surface area contributed by atoms with Crippen molar-refractivity contribution in [1.82, 2.24) is 19.8 Å². The molecule has 1 N–H and O–H groups in total. The number of hydrogen-bond acceptors (Lipinski definition) is 5. The highest BCUT2D eigenvalue weighted by Crippen LogP contribution is 2.42. The van der Waals surface area contributed by atoms with Crippen molar-refractivity contribution < 1.29 is 14.3 Å². The molecule has 1 fully saturated rings. The van der Waals surface area contributed by atoms with E-state index in [0.29, 0.717) is 19.6 Å². The molecular weight excluding hydrogens is 352 g/mol. The predicted octanol–water partition coefficient (Wildman–Crippen LogP) is 1.40. The fourth-order valence-electron chi connectivity index (χ4n) is 4.23. The summed E-state index contributed by atoms with van der Waals surface area (Å²) in [5.74, 6) is 1.12. The minimum atomic E-state index is -0.429. The number of likely N-dealkylation sites (tertiary alicyclic amines) is 1. The first-order chi connectivity index (χ1) is 12.5. The Bertz CT molecular complexity index is 655. The zero-order chi connectivity index (χ0) is 18.7. The highest BCUT2D eigenvalue weighted by molar-refractivity contribution is 8.00. The van der Waals surface area contributed by atoms with Gasteiger partial charge in [-0.3, -0.25) is 9.59 Å². The lowest BCUT2D eigenvalue weighted by atomic mass is 9.78. The van der Waals surface area contributed by atoms with Crippen LogP contribution in [-0.2, 0) is 26.3 Å². The molecule has 2 amide bonds. The standard InChI is InChI=1S/C18H28N4O3S/c1-4-26-13(2)17(24)21-9-6-18(7-10-21)16-14(19-12-20-16)5-8-22(18)15(23)11-25-3/h12-13H,4-11H2,1-3H3,(H,19,20). The summed E-state index contributed by atoms with van der Waals surface area (Å²) in [4.78, 5) is 37.0. The second kappa shape index (κ2) is 8.00. The summed E-state index contributed by atoms with van der Waals surface area (Å²) in [7, 11) is 1.54. The third kappa shape index (κ3) is 3.36. The number of carbonyl (C=O) groups is 2. The molecule has 2 aliphatic heterocycles. The van der Waals surface area contributed by atoms with Gasteiger partial charge in [0, 0.05) is 38.9 Å². The van der Waals surface area contributed by atoms with Crippen LogP contribution in [0.5, 0.6) is 0 Å². The van der Waals surface area contributed by atoms with Crippen LogP contribution in [0.25, 0.3) is 0 Å². The number of amides is 2. The lowest BCUT2D eigenvalue weighted by molar-refractivity contribution is -0.147. The van der Waals surface area contributed by atoms with Gasteiger partial charge in [0.1, 0.15) is 6.61 Å². The molecule has 0 aromatic carbocycles. The Kier molecular flexibility index (Phi) is 5.92. The number of rotatable bonds is 5. The highest BCUT2D eigenvalue weighted by atomic mass is 32.2. The SMILES string of the molecule is CCSC(C)C(=O)N1CCC2(CC1)c1nc[nH]c1CCN2C(=O)COC. The van der Waals surface area contributed by atoms with E-state index in [1.165, 1.54) is 0 Å². The molecule has 3 rings (SSSR count). The number of carbonyl (C=O) groups excluding carboxylic acids is 2. The summed E-state index contributed by atoms with van der Waals surface area (Å²) in [6.45, 7) is 6.08. The van der Waals surface area contributed by atoms with Crippen LogP contribution >= 0.6 is 11.8 Å². The van der Waals surface area contributed by atoms with Crippen LogP contribution in [-0.4, -0.2) is 75.9 Å². The van der Waals surface area contributed by atoms with Crippen molar-refractivity contribution in [1.29, 1.82) is 0 Å². The Labute approximate surface area is 158 Å². The number of aromatic nitrogens is 2. The Morgan fingerprint density at radius 2 is 2.12 bits per heavy atom. The maximum absolute atomic E-state index is 12.7. The molecule has 26 heavy (non-hydrogen) atoms. The molecule has 7 nitrogen and oxygen atoms in total. The first kappa shape index (κ1) is 19.2. The largest absolute Gasteiger partial charge is 0.375 e. The van der Waals surface area contributed by atoms with Gasteiger partial charge in [0.05, 0.1) is 22.8 Å². The maximum Gasteiger partial charge on any atom is 0.249 e. The van der Waals surface area contributed by atoms with Gasteiger partial charge in [0.15, 0.2) is 0 Å². The van der Waals surface area contributed by atoms with Gasteiger partial charge >= 0.3 is 0 Å². The van der Waals surface area contributed by atoms with E-state index in [2.05, 4.69) is 16.9 Å². The average Bonchev–Trinajstić information content (AvgIpc) is 3.12. The molecule has 1 aromatic rings. The smallest absolute Gasteiger partial charge is 0.249 e. The number of nitrogens with one attached hydrogen (secondary N) is 1. The van der Waals surface area contributed by atoms with Crippen molar-refractivity contribution in [2.24, 2.45) is 0 Å². The quantitative estimate of drug-likeness (QED) is 0.835. The number of hydrogen-bond donors (Lipinski definition) is 1. The fourth-order valence-corrected chi connectivity index (χ4v) is 5.02. The van der Waals surface area contributed by atoms with Crippen molar-refractivity contribution >= 4 is 23.6 Å². The van der Waals surface area contributed by atoms with Crippen LogP contribution < -0.4 is 0 Å². The number of piperidine rings is 1. The third-order valence-electron chi connectivity index (χ3n) is 5.50. The maximum atomic E-state index is 12.7. The van der Waals surface area contributed by atoms with Gasteiger partial charge in [-0.1, -0.05) is 6.92 Å². The van der Waals surface area contributed by atoms with Gasteiger partial charge in [-0.2, -0.15) is 0 Å². The Hall–Kier alpha value is -1.54. The minimum absolute atomic E-state index is 0.00386. The summed E-state index contributed by atoms with van der Waals surface area (Å²) in [6.07, 6.45) is 3.93. The zero-order valence-electron chi connectivity index (χ0n) is 15.8. The van der Waals surface area contributed by atoms with Gasteiger partial charge in [-0.25, -0.2) is 4.98 Å². The first-order valence-corrected chi connectivity index (χ1v) is 10.3. The Morgan fingerprint density at radius 1 is 1.38 bits per heavy atom. The molecule has 1 spiro atoms. The van der Waals surface area contributed by atoms with Gasteiger partial charge < -0.3 is 19.5 Å². The summed E-state index contributed by atoms with van der Waals surface area (Å²) < 4.78 is 5.09. The number of thioether (sulfide) groups is 1. The summed E-state index contributed by atoms with van der Waals surface area (Å²) in [6, 6.07) is 0. The number of H-pyrrole nitrogens is 1. The van der Waals surface area contributed by atoms with Crippen molar-refractivity contribution in [3.8, 4) is 0 Å². The number of methoxy groups -OCH3 is 1. The van der Waals surface area contributed by atoms with E-state index in [9.17, 15) is 9.59 Å². The number of fused-ring (bicyclic) bond motifs is 2. The summed E-state index contributed by atoms with van der Waals surface area (Å²) >= 11 is 1.67. The van der Waals surface area contributed by atoms with Crippen molar-refractivity contribution in [3.05, 3.63) is 17.7 Å². The third-order valence-corrected chi connectivity index (χ3v) is 6.53. The van der Waals surface area contributed by atoms with Crippen molar-refractivity contribution in [2.45, 2.75) is 43.9 Å². The van der Waals surface area contributed by atoms with Gasteiger partial charge in [-0.05, 0) is 25.5 Å². The molecule has 3 heterocycles. The van der Waals surface area contributed by atoms with E-state index in [4.69, 9.17) is 4.74 Å². The molecular formula is C18H28N4O3S. The molecule has 0 radical (unpaired) electrons. The molecule has 0 bridgehead atoms. The van der Waals surface area contributed by atoms with Gasteiger partial charge in [0.25, 0.3) is 0 Å². The van der Waals surface area contributed by atoms with E-state index in [-0.39, 0.29) is 23.7 Å². The summed E-state index contributed by atoms with van der Waals surface area (Å²) in [5, 5.41) is -0.0208. The van der Waals surface area contributed by atoms with E-state index < -0.39 is 5.54 Å². The minimum Gasteiger partial charge on any atom is -0.375 e. The molecule has 1 unspecified atom stereocenters. The van der Waals surface area contributed by atoms with Crippen LogP contribution in [0.3, 0.4) is 0 Å². The summed E-state index contributed by atoms with van der Waals surface area (Å²) in [5.41, 5.74) is 1.65. The first-order valence-electron chi connectivity index (χ1n) is 9.26. The van der Waals surface area contributed by atoms with Crippen LogP contribution in [0.4, 0.5) is 0 Å². The predicted molar refractivity (Wildman–Crippen MR) is 101 cm³/mol. The van der Waals surface area contributed by atoms with Crippen LogP contribution in [0.1, 0.15) is 38.1 Å². The van der Waals surface area contributed by atoms with Crippen molar-refractivity contribution in [3.63, 3.8) is 0 Å². The van der Waals surface area contributed by atoms with E-state index in [1.807, 2.05) is 16.7 Å². The zero-order valence-corrected chi connectivity index (χ0v) is 16.6. The van der Waals surface area contributed by atoms with Crippen LogP contribution in [0, 0.1) is 0 Å². The molecule has 2 aliphatic rings. The topological polar surface area (TPSA) is 78.5 Å². The molecule has 8 heteroatoms. The van der Waals surface area contributed by atoms with E-state index >= 15 is 0 Å². The fraction of sp³-hybridized carbons (Fsp3) is 0.722. The molecule has 1 saturated heterocycles. The van der Waals surface area contributed by atoms with E-state index in [1.54, 1.807) is 25.2 Å². The molecule has 0 aliphatic carbocycles. The molecule has 144 valence electrons. The van der Waals surface area contributed by atoms with Crippen LogP contribution in [0.15, 0.2) is 6.33 Å². The number of aromatic amines is 1. The highest BCUT2D eigenvalue weighted by Gasteiger charge is 2.49. The number of nitrogens with zero attached hydrogens (tertiary/aromatic N) is 3. The second-order valence-electron chi connectivity index (χ2n) is 6.91. The van der Waals surface area contributed by atoms with Gasteiger partial charge in [0.2, 0.25) is 11.8 Å². The normalized spacial score (nSPS) is 20.1. The van der Waals surface area contributed by atoms with Crippen LogP contribution in [0.2, 0.25) is 0 Å². The lowest BCUT2D eigenvalue weighted by Gasteiger charge is -2.50. The molecule has 1 aromatic heterocycles. The van der Waals surface area contributed by atoms with E-state index in [0.717, 1.165) is 36.4 Å². The number of imidazole rings is 1. The average molecular weight is 381 g/mol.